The molecule has 2 saturated heterocycles. The number of unbranched alkanes of at least 4 members (excludes halogenated alkanes) is 1. The van der Waals surface area contributed by atoms with Gasteiger partial charge in [0.25, 0.3) is 11.7 Å². The number of morpholine rings is 1. The van der Waals surface area contributed by atoms with Crippen molar-refractivity contribution in [3.63, 3.8) is 0 Å². The van der Waals surface area contributed by atoms with Gasteiger partial charge in [0.15, 0.2) is 11.5 Å². The second kappa shape index (κ2) is 13.6. The van der Waals surface area contributed by atoms with Crippen molar-refractivity contribution in [1.82, 2.24) is 9.80 Å². The second-order valence-electron chi connectivity index (χ2n) is 9.65. The number of likely N-dealkylation sites (tertiary alicyclic amines) is 1. The molecular formula is C30H37FN2O6. The van der Waals surface area contributed by atoms with Crippen molar-refractivity contribution in [3.05, 3.63) is 65.0 Å². The van der Waals surface area contributed by atoms with Crippen LogP contribution in [0.4, 0.5) is 4.39 Å². The molecular weight excluding hydrogens is 503 g/mol. The zero-order chi connectivity index (χ0) is 27.8. The molecule has 0 spiro atoms. The van der Waals surface area contributed by atoms with Gasteiger partial charge in [0.2, 0.25) is 0 Å². The van der Waals surface area contributed by atoms with E-state index >= 15 is 0 Å². The summed E-state index contributed by atoms with van der Waals surface area (Å²) in [5, 5.41) is 11.2. The Morgan fingerprint density at radius 1 is 1.00 bits per heavy atom. The molecule has 2 aliphatic heterocycles. The third kappa shape index (κ3) is 6.78. The summed E-state index contributed by atoms with van der Waals surface area (Å²) in [5.74, 6) is -1.16. The van der Waals surface area contributed by atoms with Gasteiger partial charge in [-0.3, -0.25) is 14.5 Å². The lowest BCUT2D eigenvalue weighted by Gasteiger charge is -2.29. The molecule has 0 bridgehead atoms. The van der Waals surface area contributed by atoms with Crippen molar-refractivity contribution in [3.8, 4) is 11.5 Å². The van der Waals surface area contributed by atoms with E-state index in [0.717, 1.165) is 32.5 Å². The van der Waals surface area contributed by atoms with Crippen LogP contribution < -0.4 is 9.47 Å². The molecule has 2 fully saturated rings. The number of benzene rings is 2. The number of nitrogens with zero attached hydrogens (tertiary/aromatic N) is 2. The van der Waals surface area contributed by atoms with Crippen LogP contribution in [0.25, 0.3) is 5.76 Å². The quantitative estimate of drug-likeness (QED) is 0.183. The van der Waals surface area contributed by atoms with Crippen LogP contribution >= 0.6 is 0 Å². The standard InChI is InChI=1S/C30H37FN2O6/c1-3-5-17-39-24-12-9-22(20-25(24)38-4-2)27-26(28(34)21-7-10-23(31)11-8-21)29(35)30(36)33(27)14-6-13-32-15-18-37-19-16-32/h7-12,20,27,34H,3-6,13-19H2,1-2H3. The Morgan fingerprint density at radius 2 is 1.74 bits per heavy atom. The van der Waals surface area contributed by atoms with Crippen LogP contribution in [-0.2, 0) is 14.3 Å². The van der Waals surface area contributed by atoms with Gasteiger partial charge in [-0.1, -0.05) is 19.4 Å². The molecule has 2 heterocycles. The van der Waals surface area contributed by atoms with Gasteiger partial charge in [-0.2, -0.15) is 0 Å². The van der Waals surface area contributed by atoms with Crippen LogP contribution in [0.2, 0.25) is 0 Å². The van der Waals surface area contributed by atoms with E-state index in [9.17, 15) is 19.1 Å². The summed E-state index contributed by atoms with van der Waals surface area (Å²) in [6, 6.07) is 9.72. The Kier molecular flexibility index (Phi) is 9.95. The molecule has 0 aromatic heterocycles. The maximum Gasteiger partial charge on any atom is 0.295 e. The minimum Gasteiger partial charge on any atom is -0.507 e. The molecule has 2 aromatic carbocycles. The molecule has 2 aliphatic rings. The van der Waals surface area contributed by atoms with Gasteiger partial charge in [0.05, 0.1) is 38.0 Å². The normalized spacial score (nSPS) is 19.5. The number of hydrogen-bond acceptors (Lipinski definition) is 7. The number of aliphatic hydroxyl groups excluding tert-OH is 1. The zero-order valence-electron chi connectivity index (χ0n) is 22.7. The van der Waals surface area contributed by atoms with E-state index < -0.39 is 23.5 Å². The topological polar surface area (TPSA) is 88.5 Å². The number of carbonyl (C=O) groups excluding carboxylic acids is 2. The molecule has 1 amide bonds. The van der Waals surface area contributed by atoms with E-state index in [4.69, 9.17) is 14.2 Å². The molecule has 4 rings (SSSR count). The lowest BCUT2D eigenvalue weighted by Crippen LogP contribution is -2.39. The first-order valence-corrected chi connectivity index (χ1v) is 13.7. The fourth-order valence-electron chi connectivity index (χ4n) is 4.92. The maximum absolute atomic E-state index is 13.6. The van der Waals surface area contributed by atoms with Gasteiger partial charge < -0.3 is 24.2 Å². The monoisotopic (exact) mass is 540 g/mol. The van der Waals surface area contributed by atoms with Crippen LogP contribution in [0.5, 0.6) is 11.5 Å². The minimum absolute atomic E-state index is 0.0277. The summed E-state index contributed by atoms with van der Waals surface area (Å²) >= 11 is 0. The number of ether oxygens (including phenoxy) is 3. The zero-order valence-corrected chi connectivity index (χ0v) is 22.7. The Morgan fingerprint density at radius 3 is 2.44 bits per heavy atom. The van der Waals surface area contributed by atoms with Gasteiger partial charge in [-0.25, -0.2) is 4.39 Å². The number of halogens is 1. The first-order chi connectivity index (χ1) is 18.9. The van der Waals surface area contributed by atoms with Gasteiger partial charge in [0, 0.05) is 31.7 Å². The van der Waals surface area contributed by atoms with Crippen LogP contribution in [0.1, 0.15) is 50.3 Å². The fourth-order valence-corrected chi connectivity index (χ4v) is 4.92. The van der Waals surface area contributed by atoms with Crippen molar-refractivity contribution in [2.24, 2.45) is 0 Å². The minimum atomic E-state index is -0.830. The van der Waals surface area contributed by atoms with E-state index in [2.05, 4.69) is 11.8 Å². The largest absolute Gasteiger partial charge is 0.507 e. The van der Waals surface area contributed by atoms with Gasteiger partial charge >= 0.3 is 0 Å². The number of hydrogen-bond donors (Lipinski definition) is 1. The molecule has 8 nitrogen and oxygen atoms in total. The molecule has 1 unspecified atom stereocenters. The number of aliphatic hydroxyl groups is 1. The van der Waals surface area contributed by atoms with Crippen molar-refractivity contribution < 1.29 is 33.3 Å². The lowest BCUT2D eigenvalue weighted by atomic mass is 9.95. The number of amides is 1. The van der Waals surface area contributed by atoms with Crippen LogP contribution in [0, 0.1) is 5.82 Å². The number of ketones is 1. The summed E-state index contributed by atoms with van der Waals surface area (Å²) in [4.78, 5) is 30.4. The Bertz CT molecular complexity index is 1180. The van der Waals surface area contributed by atoms with E-state index in [0.29, 0.717) is 56.5 Å². The van der Waals surface area contributed by atoms with Crippen LogP contribution in [0.3, 0.4) is 0 Å². The van der Waals surface area contributed by atoms with E-state index in [1.54, 1.807) is 18.2 Å². The predicted octanol–water partition coefficient (Wildman–Crippen LogP) is 4.55. The third-order valence-corrected chi connectivity index (χ3v) is 6.97. The predicted molar refractivity (Wildman–Crippen MR) is 145 cm³/mol. The molecule has 2 aromatic rings. The molecule has 1 N–H and O–H groups in total. The lowest BCUT2D eigenvalue weighted by molar-refractivity contribution is -0.140. The molecule has 39 heavy (non-hydrogen) atoms. The first kappa shape index (κ1) is 28.6. The highest BCUT2D eigenvalue weighted by Crippen LogP contribution is 2.42. The van der Waals surface area contributed by atoms with Crippen molar-refractivity contribution in [1.29, 1.82) is 0 Å². The summed E-state index contributed by atoms with van der Waals surface area (Å²) in [5.41, 5.74) is 0.855. The van der Waals surface area contributed by atoms with E-state index in [-0.39, 0.29) is 16.9 Å². The second-order valence-corrected chi connectivity index (χ2v) is 9.65. The highest BCUT2D eigenvalue weighted by molar-refractivity contribution is 6.46. The Hall–Kier alpha value is -3.43. The van der Waals surface area contributed by atoms with E-state index in [1.165, 1.54) is 29.2 Å². The van der Waals surface area contributed by atoms with Crippen LogP contribution in [0.15, 0.2) is 48.0 Å². The molecule has 0 aliphatic carbocycles. The molecule has 0 radical (unpaired) electrons. The smallest absolute Gasteiger partial charge is 0.295 e. The van der Waals surface area contributed by atoms with Crippen LogP contribution in [-0.4, -0.2) is 79.2 Å². The van der Waals surface area contributed by atoms with Crippen molar-refractivity contribution >= 4 is 17.4 Å². The fraction of sp³-hybridized carbons (Fsp3) is 0.467. The van der Waals surface area contributed by atoms with Crippen molar-refractivity contribution in [2.75, 3.05) is 52.6 Å². The highest BCUT2D eigenvalue weighted by atomic mass is 19.1. The molecule has 210 valence electrons. The molecule has 1 atom stereocenters. The maximum atomic E-state index is 13.6. The average Bonchev–Trinajstić information content (AvgIpc) is 3.20. The average molecular weight is 541 g/mol. The number of rotatable bonds is 12. The Labute approximate surface area is 228 Å². The highest BCUT2D eigenvalue weighted by Gasteiger charge is 2.46. The first-order valence-electron chi connectivity index (χ1n) is 13.7. The summed E-state index contributed by atoms with van der Waals surface area (Å²) in [6.07, 6.45) is 2.54. The summed E-state index contributed by atoms with van der Waals surface area (Å²) in [6.45, 7) is 8.98. The van der Waals surface area contributed by atoms with Gasteiger partial charge in [-0.15, -0.1) is 0 Å². The Balaban J connectivity index is 1.70. The third-order valence-electron chi connectivity index (χ3n) is 6.97. The SMILES string of the molecule is CCCCOc1ccc(C2C(=C(O)c3ccc(F)cc3)C(=O)C(=O)N2CCCN2CCOCC2)cc1OCC. The van der Waals surface area contributed by atoms with Gasteiger partial charge in [-0.05, 0) is 61.7 Å². The summed E-state index contributed by atoms with van der Waals surface area (Å²) < 4.78 is 30.8. The van der Waals surface area contributed by atoms with Crippen molar-refractivity contribution in [2.45, 2.75) is 39.2 Å². The van der Waals surface area contributed by atoms with E-state index in [1.807, 2.05) is 6.92 Å². The van der Waals surface area contributed by atoms with Gasteiger partial charge in [0.1, 0.15) is 11.6 Å². The molecule has 0 saturated carbocycles. The number of carbonyl (C=O) groups is 2. The molecule has 9 heteroatoms. The number of Topliss-reactive ketones (excluding diaryl/α,β-unsaturated/α-hetero) is 1. The summed E-state index contributed by atoms with van der Waals surface area (Å²) in [7, 11) is 0.